The molecule has 21 heavy (non-hydrogen) atoms. The van der Waals surface area contributed by atoms with Crippen molar-refractivity contribution in [1.29, 1.82) is 0 Å². The fraction of sp³-hybridized carbons (Fsp3) is 0.133. The van der Waals surface area contributed by atoms with Crippen LogP contribution in [0.3, 0.4) is 0 Å². The van der Waals surface area contributed by atoms with Gasteiger partial charge in [0.05, 0.1) is 6.54 Å². The van der Waals surface area contributed by atoms with Crippen molar-refractivity contribution in [2.45, 2.75) is 0 Å². The molecule has 0 saturated heterocycles. The van der Waals surface area contributed by atoms with Crippen LogP contribution in [0.1, 0.15) is 20.8 Å². The molecular formula is C15H13N3O3. The van der Waals surface area contributed by atoms with E-state index >= 15 is 0 Å². The van der Waals surface area contributed by atoms with Crippen LogP contribution in [0, 0.1) is 0 Å². The number of aromatic nitrogens is 1. The lowest BCUT2D eigenvalue weighted by atomic mass is 9.99. The molecule has 2 amide bonds. The van der Waals surface area contributed by atoms with Crippen molar-refractivity contribution in [2.24, 2.45) is 5.73 Å². The van der Waals surface area contributed by atoms with E-state index in [2.05, 4.69) is 10.3 Å². The smallest absolute Gasteiger partial charge is 0.267 e. The Morgan fingerprint density at radius 3 is 2.76 bits per heavy atom. The number of nitrogens with one attached hydrogen (secondary N) is 1. The van der Waals surface area contributed by atoms with Crippen LogP contribution in [0.4, 0.5) is 0 Å². The molecule has 3 rings (SSSR count). The zero-order valence-electron chi connectivity index (χ0n) is 11.1. The summed E-state index contributed by atoms with van der Waals surface area (Å²) in [5.74, 6) is -0.798. The first-order valence-electron chi connectivity index (χ1n) is 6.48. The van der Waals surface area contributed by atoms with Crippen LogP contribution in [-0.4, -0.2) is 29.9 Å². The quantitative estimate of drug-likeness (QED) is 0.858. The van der Waals surface area contributed by atoms with Gasteiger partial charge in [0.1, 0.15) is 17.9 Å². The number of fused-ring (bicyclic) bond motifs is 1. The van der Waals surface area contributed by atoms with Crippen LogP contribution in [0.2, 0.25) is 0 Å². The lowest BCUT2D eigenvalue weighted by Gasteiger charge is -2.12. The molecule has 3 N–H and O–H groups in total. The van der Waals surface area contributed by atoms with Gasteiger partial charge < -0.3 is 15.8 Å². The van der Waals surface area contributed by atoms with E-state index in [1.54, 1.807) is 0 Å². The van der Waals surface area contributed by atoms with Crippen LogP contribution >= 0.6 is 0 Å². The van der Waals surface area contributed by atoms with E-state index in [1.165, 1.54) is 6.07 Å². The summed E-state index contributed by atoms with van der Waals surface area (Å²) >= 11 is 0. The van der Waals surface area contributed by atoms with Gasteiger partial charge in [-0.3, -0.25) is 9.59 Å². The van der Waals surface area contributed by atoms with Crippen LogP contribution in [0.5, 0.6) is 5.88 Å². The number of carbonyl (C=O) groups is 2. The third-order valence-corrected chi connectivity index (χ3v) is 3.18. The molecule has 0 radical (unpaired) electrons. The molecule has 0 saturated carbocycles. The van der Waals surface area contributed by atoms with Crippen LogP contribution in [-0.2, 0) is 0 Å². The SMILES string of the molecule is NC(=O)c1cc(-c2ccccc2)c2c(n1)OCCNC2=O. The van der Waals surface area contributed by atoms with E-state index in [1.807, 2.05) is 30.3 Å². The maximum Gasteiger partial charge on any atom is 0.267 e. The standard InChI is InChI=1S/C15H13N3O3/c16-13(19)11-8-10(9-4-2-1-3-5-9)12-14(20)17-6-7-21-15(12)18-11/h1-5,8H,6-7H2,(H2,16,19)(H,17,20). The van der Waals surface area contributed by atoms with Crippen LogP contribution in [0.25, 0.3) is 11.1 Å². The third-order valence-electron chi connectivity index (χ3n) is 3.18. The Bertz CT molecular complexity index is 714. The molecule has 1 aliphatic heterocycles. The maximum atomic E-state index is 12.2. The molecule has 0 spiro atoms. The minimum Gasteiger partial charge on any atom is -0.475 e. The van der Waals surface area contributed by atoms with Gasteiger partial charge in [0.25, 0.3) is 11.8 Å². The number of nitrogens with two attached hydrogens (primary N) is 1. The highest BCUT2D eigenvalue weighted by molar-refractivity contribution is 6.05. The number of ether oxygens (including phenoxy) is 1. The molecule has 0 bridgehead atoms. The number of primary amides is 1. The summed E-state index contributed by atoms with van der Waals surface area (Å²) in [6.45, 7) is 0.678. The lowest BCUT2D eigenvalue weighted by Crippen LogP contribution is -2.25. The average molecular weight is 283 g/mol. The summed E-state index contributed by atoms with van der Waals surface area (Å²) < 4.78 is 5.47. The second-order valence-corrected chi connectivity index (χ2v) is 4.57. The van der Waals surface area contributed by atoms with E-state index in [0.29, 0.717) is 24.3 Å². The Kier molecular flexibility index (Phi) is 3.27. The van der Waals surface area contributed by atoms with Crippen LogP contribution < -0.4 is 15.8 Å². The van der Waals surface area contributed by atoms with Gasteiger partial charge in [-0.15, -0.1) is 0 Å². The molecule has 0 atom stereocenters. The van der Waals surface area contributed by atoms with Gasteiger partial charge >= 0.3 is 0 Å². The Morgan fingerprint density at radius 2 is 2.05 bits per heavy atom. The second-order valence-electron chi connectivity index (χ2n) is 4.57. The zero-order chi connectivity index (χ0) is 14.8. The summed E-state index contributed by atoms with van der Waals surface area (Å²) in [5, 5.41) is 2.74. The molecule has 0 unspecified atom stereocenters. The minimum absolute atomic E-state index is 0.0716. The van der Waals surface area contributed by atoms with E-state index in [-0.39, 0.29) is 17.5 Å². The van der Waals surface area contributed by atoms with Crippen molar-refractivity contribution in [1.82, 2.24) is 10.3 Å². The number of hydrogen-bond acceptors (Lipinski definition) is 4. The van der Waals surface area contributed by atoms with E-state index < -0.39 is 5.91 Å². The molecule has 1 aliphatic rings. The van der Waals surface area contributed by atoms with E-state index in [9.17, 15) is 9.59 Å². The highest BCUT2D eigenvalue weighted by Crippen LogP contribution is 2.31. The van der Waals surface area contributed by atoms with Gasteiger partial charge in [0.2, 0.25) is 5.88 Å². The number of nitrogens with zero attached hydrogens (tertiary/aromatic N) is 1. The first-order chi connectivity index (χ1) is 10.2. The first kappa shape index (κ1) is 13.1. The molecular weight excluding hydrogens is 270 g/mol. The second kappa shape index (κ2) is 5.24. The molecule has 2 aromatic rings. The molecule has 0 fully saturated rings. The summed E-state index contributed by atoms with van der Waals surface area (Å²) in [7, 11) is 0. The number of rotatable bonds is 2. The molecule has 1 aromatic heterocycles. The van der Waals surface area contributed by atoms with Crippen molar-refractivity contribution in [3.63, 3.8) is 0 Å². The van der Waals surface area contributed by atoms with Crippen molar-refractivity contribution in [3.8, 4) is 17.0 Å². The highest BCUT2D eigenvalue weighted by Gasteiger charge is 2.24. The van der Waals surface area contributed by atoms with Gasteiger partial charge in [-0.25, -0.2) is 4.98 Å². The van der Waals surface area contributed by atoms with Crippen molar-refractivity contribution in [3.05, 3.63) is 47.7 Å². The van der Waals surface area contributed by atoms with Gasteiger partial charge in [-0.1, -0.05) is 30.3 Å². The van der Waals surface area contributed by atoms with Gasteiger partial charge in [0.15, 0.2) is 0 Å². The number of carbonyl (C=O) groups excluding carboxylic acids is 2. The molecule has 1 aromatic carbocycles. The van der Waals surface area contributed by atoms with Crippen LogP contribution in [0.15, 0.2) is 36.4 Å². The summed E-state index contributed by atoms with van der Waals surface area (Å²) in [6, 6.07) is 10.8. The Hall–Kier alpha value is -2.89. The molecule has 6 heteroatoms. The molecule has 6 nitrogen and oxygen atoms in total. The molecule has 106 valence electrons. The Balaban J connectivity index is 2.28. The Morgan fingerprint density at radius 1 is 1.29 bits per heavy atom. The van der Waals surface area contributed by atoms with Gasteiger partial charge in [-0.2, -0.15) is 0 Å². The van der Waals surface area contributed by atoms with Gasteiger partial charge in [-0.05, 0) is 11.6 Å². The average Bonchev–Trinajstić information content (AvgIpc) is 2.69. The molecule has 0 aliphatic carbocycles. The van der Waals surface area contributed by atoms with E-state index in [0.717, 1.165) is 5.56 Å². The predicted molar refractivity (Wildman–Crippen MR) is 76.0 cm³/mol. The lowest BCUT2D eigenvalue weighted by molar-refractivity contribution is 0.0954. The maximum absolute atomic E-state index is 12.2. The normalized spacial score (nSPS) is 13.6. The minimum atomic E-state index is -0.664. The first-order valence-corrected chi connectivity index (χ1v) is 6.48. The molecule has 2 heterocycles. The third kappa shape index (κ3) is 2.43. The summed E-state index contributed by atoms with van der Waals surface area (Å²) in [6.07, 6.45) is 0. The number of amides is 2. The zero-order valence-corrected chi connectivity index (χ0v) is 11.1. The monoisotopic (exact) mass is 283 g/mol. The fourth-order valence-corrected chi connectivity index (χ4v) is 2.22. The number of hydrogen-bond donors (Lipinski definition) is 2. The number of pyridine rings is 1. The predicted octanol–water partition coefficient (Wildman–Crippen LogP) is 0.970. The van der Waals surface area contributed by atoms with Crippen molar-refractivity contribution < 1.29 is 14.3 Å². The fourth-order valence-electron chi connectivity index (χ4n) is 2.22. The summed E-state index contributed by atoms with van der Waals surface area (Å²) in [5.41, 5.74) is 7.07. The Labute approximate surface area is 120 Å². The van der Waals surface area contributed by atoms with Crippen molar-refractivity contribution in [2.75, 3.05) is 13.2 Å². The largest absolute Gasteiger partial charge is 0.475 e. The number of benzene rings is 1. The summed E-state index contributed by atoms with van der Waals surface area (Å²) in [4.78, 5) is 27.7. The van der Waals surface area contributed by atoms with Crippen molar-refractivity contribution >= 4 is 11.8 Å². The van der Waals surface area contributed by atoms with E-state index in [4.69, 9.17) is 10.5 Å². The van der Waals surface area contributed by atoms with Gasteiger partial charge in [0, 0.05) is 5.56 Å². The highest BCUT2D eigenvalue weighted by atomic mass is 16.5. The topological polar surface area (TPSA) is 94.3 Å².